The normalized spacial score (nSPS) is 13.8. The van der Waals surface area contributed by atoms with Crippen LogP contribution < -0.4 is 20.7 Å². The van der Waals surface area contributed by atoms with Crippen molar-refractivity contribution in [2.24, 2.45) is 5.92 Å². The summed E-state index contributed by atoms with van der Waals surface area (Å²) in [5.74, 6) is -16.9. The van der Waals surface area contributed by atoms with Crippen molar-refractivity contribution in [1.29, 1.82) is 0 Å². The Kier molecular flexibility index (Phi) is 11.5. The van der Waals surface area contributed by atoms with Crippen molar-refractivity contribution >= 4 is 41.4 Å². The highest BCUT2D eigenvalue weighted by atomic mass is 19.2. The quantitative estimate of drug-likeness (QED) is 0.0787. The fourth-order valence-electron chi connectivity index (χ4n) is 3.88. The van der Waals surface area contributed by atoms with E-state index in [2.05, 4.69) is 25.4 Å². The first-order chi connectivity index (χ1) is 21.6. The Balaban J connectivity index is 1.48. The van der Waals surface area contributed by atoms with Gasteiger partial charge in [0.15, 0.2) is 0 Å². The van der Waals surface area contributed by atoms with Crippen LogP contribution in [0.2, 0.25) is 0 Å². The van der Waals surface area contributed by atoms with E-state index in [1.54, 1.807) is 13.8 Å². The minimum absolute atomic E-state index is 0.171. The number of nitrogens with one attached hydrogen (secondary N) is 3. The number of hydrogen-bond donors (Lipinski definition) is 3. The van der Waals surface area contributed by atoms with Crippen LogP contribution >= 0.6 is 0 Å². The lowest BCUT2D eigenvalue weighted by Gasteiger charge is -2.24. The van der Waals surface area contributed by atoms with Gasteiger partial charge in [-0.15, -0.1) is 0 Å². The van der Waals surface area contributed by atoms with Gasteiger partial charge in [-0.05, 0) is 30.5 Å². The first kappa shape index (κ1) is 35.1. The molecule has 0 saturated carbocycles. The van der Waals surface area contributed by atoms with E-state index < -0.39 is 89.2 Å². The van der Waals surface area contributed by atoms with Crippen LogP contribution in [0.4, 0.5) is 32.4 Å². The van der Waals surface area contributed by atoms with E-state index >= 15 is 0 Å². The minimum atomic E-state index is -2.43. The summed E-state index contributed by atoms with van der Waals surface area (Å²) in [4.78, 5) is 73.8. The third-order valence-electron chi connectivity index (χ3n) is 6.41. The molecule has 0 aromatic heterocycles. The van der Waals surface area contributed by atoms with E-state index in [9.17, 15) is 50.7 Å². The molecule has 5 amide bonds. The van der Waals surface area contributed by atoms with Crippen molar-refractivity contribution in [2.45, 2.75) is 45.9 Å². The smallest absolute Gasteiger partial charge is 0.429 e. The average Bonchev–Trinajstić information content (AvgIpc) is 3.34. The molecule has 1 heterocycles. The molecule has 17 heteroatoms. The highest BCUT2D eigenvalue weighted by Crippen LogP contribution is 2.29. The van der Waals surface area contributed by atoms with E-state index in [0.717, 1.165) is 17.1 Å². The molecule has 12 nitrogen and oxygen atoms in total. The van der Waals surface area contributed by atoms with Crippen LogP contribution in [0, 0.1) is 35.0 Å². The van der Waals surface area contributed by atoms with Gasteiger partial charge in [0.25, 0.3) is 11.8 Å². The van der Waals surface area contributed by atoms with E-state index in [0.29, 0.717) is 0 Å². The van der Waals surface area contributed by atoms with Gasteiger partial charge >= 0.3 is 6.16 Å². The molecule has 0 saturated heterocycles. The van der Waals surface area contributed by atoms with Crippen LogP contribution in [0.1, 0.15) is 32.8 Å². The van der Waals surface area contributed by atoms with Crippen molar-refractivity contribution in [3.05, 3.63) is 71.1 Å². The van der Waals surface area contributed by atoms with Gasteiger partial charge < -0.3 is 25.4 Å². The third kappa shape index (κ3) is 8.64. The minimum Gasteiger partial charge on any atom is -0.429 e. The van der Waals surface area contributed by atoms with Crippen molar-refractivity contribution < 1.29 is 60.2 Å². The van der Waals surface area contributed by atoms with Crippen molar-refractivity contribution in [3.63, 3.8) is 0 Å². The SMILES string of the molecule is CC(C)[C@H](NC(=O)CCN1C(=O)C=CC1=O)C(=O)N[C@@H](C)C(=O)Nc1ccc(COC(=O)Oc2c(F)c(F)c(F)c(F)c2F)cc1. The molecule has 0 spiro atoms. The van der Waals surface area contributed by atoms with E-state index in [1.807, 2.05) is 0 Å². The predicted octanol–water partition coefficient (Wildman–Crippen LogP) is 3.00. The number of hydrogen-bond acceptors (Lipinski definition) is 8. The Morgan fingerprint density at radius 1 is 0.783 bits per heavy atom. The Bertz CT molecular complexity index is 1540. The summed E-state index contributed by atoms with van der Waals surface area (Å²) < 4.78 is 75.8. The number of carbonyl (C=O) groups is 6. The zero-order chi connectivity index (χ0) is 34.3. The summed E-state index contributed by atoms with van der Waals surface area (Å²) in [6.07, 6.45) is 0.178. The highest BCUT2D eigenvalue weighted by Gasteiger charge is 2.30. The van der Waals surface area contributed by atoms with Gasteiger partial charge in [0.2, 0.25) is 52.6 Å². The van der Waals surface area contributed by atoms with E-state index in [-0.39, 0.29) is 30.1 Å². The van der Waals surface area contributed by atoms with Crippen LogP contribution in [0.5, 0.6) is 5.75 Å². The standard InChI is InChI=1S/C29H27F5N4O8/c1-13(2)25(37-17(39)10-11-38-18(40)8-9-19(38)41)28(43)35-14(3)27(42)36-16-6-4-15(5-7-16)12-45-29(44)46-26-23(33)21(31)20(30)22(32)24(26)34/h4-9,13-14,25H,10-12H2,1-3H3,(H,35,43)(H,36,42)(H,37,39)/t14-,25-/m0/s1. The summed E-state index contributed by atoms with van der Waals surface area (Å²) >= 11 is 0. The molecule has 1 aliphatic rings. The number of carbonyl (C=O) groups excluding carboxylic acids is 6. The maximum atomic E-state index is 13.7. The maximum absolute atomic E-state index is 13.7. The number of amides is 5. The second-order valence-corrected chi connectivity index (χ2v) is 10.2. The van der Waals surface area contributed by atoms with Gasteiger partial charge in [0.05, 0.1) is 0 Å². The van der Waals surface area contributed by atoms with Crippen molar-refractivity contribution in [3.8, 4) is 5.75 Å². The molecule has 3 N–H and O–H groups in total. The first-order valence-corrected chi connectivity index (χ1v) is 13.5. The van der Waals surface area contributed by atoms with Crippen LogP contribution in [-0.4, -0.2) is 59.2 Å². The molecule has 0 bridgehead atoms. The topological polar surface area (TPSA) is 160 Å². The summed E-state index contributed by atoms with van der Waals surface area (Å²) in [6, 6.07) is 3.39. The molecule has 1 aliphatic heterocycles. The van der Waals surface area contributed by atoms with Gasteiger partial charge in [0.1, 0.15) is 18.7 Å². The molecule has 3 rings (SSSR count). The zero-order valence-corrected chi connectivity index (χ0v) is 24.4. The lowest BCUT2D eigenvalue weighted by atomic mass is 10.0. The lowest BCUT2D eigenvalue weighted by Crippen LogP contribution is -2.54. The molecule has 0 aliphatic carbocycles. The fraction of sp³-hybridized carbons (Fsp3) is 0.310. The number of anilines is 1. The Morgan fingerprint density at radius 2 is 1.33 bits per heavy atom. The highest BCUT2D eigenvalue weighted by molar-refractivity contribution is 6.13. The van der Waals surface area contributed by atoms with Crippen molar-refractivity contribution in [2.75, 3.05) is 11.9 Å². The zero-order valence-electron chi connectivity index (χ0n) is 24.4. The van der Waals surface area contributed by atoms with Crippen LogP contribution in [0.15, 0.2) is 36.4 Å². The Hall–Kier alpha value is -5.35. The fourth-order valence-corrected chi connectivity index (χ4v) is 3.88. The Morgan fingerprint density at radius 3 is 1.87 bits per heavy atom. The molecular formula is C29H27F5N4O8. The maximum Gasteiger partial charge on any atom is 0.514 e. The van der Waals surface area contributed by atoms with Crippen molar-refractivity contribution in [1.82, 2.24) is 15.5 Å². The molecule has 2 aromatic rings. The number of rotatable bonds is 12. The Labute approximate surface area is 257 Å². The molecular weight excluding hydrogens is 627 g/mol. The number of ether oxygens (including phenoxy) is 2. The summed E-state index contributed by atoms with van der Waals surface area (Å²) in [6.45, 7) is 4.00. The molecule has 46 heavy (non-hydrogen) atoms. The summed E-state index contributed by atoms with van der Waals surface area (Å²) in [5, 5.41) is 7.56. The summed E-state index contributed by atoms with van der Waals surface area (Å²) in [5.41, 5.74) is 0.520. The van der Waals surface area contributed by atoms with E-state index in [4.69, 9.17) is 0 Å². The first-order valence-electron chi connectivity index (χ1n) is 13.5. The average molecular weight is 655 g/mol. The molecule has 2 atom stereocenters. The largest absolute Gasteiger partial charge is 0.514 e. The van der Waals surface area contributed by atoms with E-state index in [1.165, 1.54) is 31.2 Å². The number of imide groups is 1. The third-order valence-corrected chi connectivity index (χ3v) is 6.41. The number of benzene rings is 2. The van der Waals surface area contributed by atoms with Crippen LogP contribution in [0.3, 0.4) is 0 Å². The predicted molar refractivity (Wildman–Crippen MR) is 147 cm³/mol. The molecule has 0 unspecified atom stereocenters. The van der Waals surface area contributed by atoms with Crippen LogP contribution in [-0.2, 0) is 35.3 Å². The molecule has 0 fully saturated rings. The van der Waals surface area contributed by atoms with Gasteiger partial charge in [-0.3, -0.25) is 28.9 Å². The summed E-state index contributed by atoms with van der Waals surface area (Å²) in [7, 11) is 0. The van der Waals surface area contributed by atoms with Gasteiger partial charge in [-0.25, -0.2) is 18.0 Å². The lowest BCUT2D eigenvalue weighted by molar-refractivity contribution is -0.137. The molecule has 0 radical (unpaired) electrons. The number of halogens is 5. The molecule has 2 aromatic carbocycles. The number of nitrogens with zero attached hydrogens (tertiary/aromatic N) is 1. The second kappa shape index (κ2) is 15.1. The van der Waals surface area contributed by atoms with Gasteiger partial charge in [-0.1, -0.05) is 26.0 Å². The molecule has 246 valence electrons. The second-order valence-electron chi connectivity index (χ2n) is 10.2. The van der Waals surface area contributed by atoms with Crippen LogP contribution in [0.25, 0.3) is 0 Å². The van der Waals surface area contributed by atoms with Gasteiger partial charge in [-0.2, -0.15) is 8.78 Å². The van der Waals surface area contributed by atoms with Gasteiger partial charge in [0, 0.05) is 30.8 Å². The monoisotopic (exact) mass is 654 g/mol.